The molecule has 0 N–H and O–H groups in total. The Kier molecular flexibility index (Phi) is 6.11. The van der Waals surface area contributed by atoms with Crippen LogP contribution in [-0.2, 0) is 9.53 Å². The fourth-order valence-corrected chi connectivity index (χ4v) is 4.21. The molecule has 1 aliphatic rings. The summed E-state index contributed by atoms with van der Waals surface area (Å²) in [5, 5.41) is 0. The standard InChI is InChI=1S/C17H29NO2S/c1-8-9-10-13(2)21-18-16(4,5)11-15(20-14(3)19)12-17(18,6)7/h8-10,15H,11-12H2,1-7H3. The molecule has 4 heteroatoms. The van der Waals surface area contributed by atoms with Gasteiger partial charge in [0.2, 0.25) is 0 Å². The zero-order valence-corrected chi connectivity index (χ0v) is 15.2. The summed E-state index contributed by atoms with van der Waals surface area (Å²) in [4.78, 5) is 12.5. The van der Waals surface area contributed by atoms with Crippen LogP contribution in [0.1, 0.15) is 61.3 Å². The maximum absolute atomic E-state index is 11.3. The maximum Gasteiger partial charge on any atom is 0.302 e. The van der Waals surface area contributed by atoms with E-state index in [1.165, 1.54) is 11.8 Å². The second-order valence-electron chi connectivity index (χ2n) is 6.95. The number of allylic oxidation sites excluding steroid dienone is 4. The minimum Gasteiger partial charge on any atom is -0.462 e. The molecule has 1 heterocycles. The van der Waals surface area contributed by atoms with Crippen molar-refractivity contribution in [3.05, 3.63) is 23.1 Å². The third-order valence-corrected chi connectivity index (χ3v) is 5.24. The minimum atomic E-state index is -0.183. The van der Waals surface area contributed by atoms with Gasteiger partial charge in [0.25, 0.3) is 0 Å². The lowest BCUT2D eigenvalue weighted by Gasteiger charge is -2.53. The molecular formula is C17H29NO2S. The van der Waals surface area contributed by atoms with Gasteiger partial charge >= 0.3 is 5.97 Å². The van der Waals surface area contributed by atoms with Gasteiger partial charge in [-0.25, -0.2) is 4.31 Å². The molecule has 0 aromatic rings. The number of carbonyl (C=O) groups is 1. The van der Waals surface area contributed by atoms with Crippen LogP contribution in [0.3, 0.4) is 0 Å². The molecule has 1 aliphatic heterocycles. The summed E-state index contributed by atoms with van der Waals surface area (Å²) >= 11 is 1.80. The first-order valence-electron chi connectivity index (χ1n) is 7.53. The van der Waals surface area contributed by atoms with Crippen LogP contribution in [0.15, 0.2) is 23.1 Å². The molecule has 0 spiro atoms. The van der Waals surface area contributed by atoms with E-state index >= 15 is 0 Å². The van der Waals surface area contributed by atoms with Gasteiger partial charge in [-0.2, -0.15) is 0 Å². The van der Waals surface area contributed by atoms with Crippen LogP contribution in [0.5, 0.6) is 0 Å². The predicted molar refractivity (Wildman–Crippen MR) is 90.9 cm³/mol. The first kappa shape index (κ1) is 18.3. The van der Waals surface area contributed by atoms with Crippen molar-refractivity contribution in [2.24, 2.45) is 0 Å². The summed E-state index contributed by atoms with van der Waals surface area (Å²) in [7, 11) is 0. The number of hydrogen-bond acceptors (Lipinski definition) is 4. The van der Waals surface area contributed by atoms with Gasteiger partial charge < -0.3 is 4.74 Å². The normalized spacial score (nSPS) is 23.5. The molecule has 0 atom stereocenters. The van der Waals surface area contributed by atoms with Crippen molar-refractivity contribution < 1.29 is 9.53 Å². The fraction of sp³-hybridized carbons (Fsp3) is 0.706. The zero-order valence-electron chi connectivity index (χ0n) is 14.4. The van der Waals surface area contributed by atoms with Crippen molar-refractivity contribution >= 4 is 17.9 Å². The Balaban J connectivity index is 2.92. The largest absolute Gasteiger partial charge is 0.462 e. The second kappa shape index (κ2) is 7.01. The topological polar surface area (TPSA) is 29.5 Å². The highest BCUT2D eigenvalue weighted by molar-refractivity contribution is 8.00. The molecule has 0 radical (unpaired) electrons. The van der Waals surface area contributed by atoms with Gasteiger partial charge in [0, 0.05) is 30.8 Å². The Hall–Kier alpha value is -0.740. The van der Waals surface area contributed by atoms with Crippen molar-refractivity contribution in [1.29, 1.82) is 0 Å². The van der Waals surface area contributed by atoms with Crippen molar-refractivity contribution in [2.75, 3.05) is 0 Å². The van der Waals surface area contributed by atoms with Crippen LogP contribution < -0.4 is 0 Å². The Bertz CT molecular complexity index is 420. The molecule has 21 heavy (non-hydrogen) atoms. The summed E-state index contributed by atoms with van der Waals surface area (Å²) < 4.78 is 7.93. The number of ether oxygens (including phenoxy) is 1. The van der Waals surface area contributed by atoms with Crippen LogP contribution in [0.25, 0.3) is 0 Å². The number of hydrogen-bond donors (Lipinski definition) is 0. The van der Waals surface area contributed by atoms with E-state index in [4.69, 9.17) is 4.74 Å². The van der Waals surface area contributed by atoms with Crippen LogP contribution in [-0.4, -0.2) is 27.5 Å². The smallest absolute Gasteiger partial charge is 0.302 e. The Morgan fingerprint density at radius 1 is 1.19 bits per heavy atom. The van der Waals surface area contributed by atoms with Crippen LogP contribution in [0.2, 0.25) is 0 Å². The van der Waals surface area contributed by atoms with E-state index in [0.717, 1.165) is 12.8 Å². The lowest BCUT2D eigenvalue weighted by Crippen LogP contribution is -2.59. The number of rotatable bonds is 4. The molecule has 120 valence electrons. The van der Waals surface area contributed by atoms with E-state index in [-0.39, 0.29) is 23.2 Å². The van der Waals surface area contributed by atoms with E-state index in [1.54, 1.807) is 11.9 Å². The molecule has 0 amide bonds. The lowest BCUT2D eigenvalue weighted by molar-refractivity contribution is -0.152. The third kappa shape index (κ3) is 5.19. The average molecular weight is 311 g/mol. The lowest BCUT2D eigenvalue weighted by atomic mass is 9.81. The van der Waals surface area contributed by atoms with Gasteiger partial charge in [0.1, 0.15) is 6.10 Å². The summed E-state index contributed by atoms with van der Waals surface area (Å²) in [6, 6.07) is 0. The van der Waals surface area contributed by atoms with Crippen molar-refractivity contribution in [1.82, 2.24) is 4.31 Å². The molecule has 0 bridgehead atoms. The molecule has 3 nitrogen and oxygen atoms in total. The SMILES string of the molecule is CC=CC=C(C)SN1C(C)(C)CC(OC(C)=O)CC1(C)C. The molecule has 0 aromatic carbocycles. The molecule has 0 saturated carbocycles. The number of piperidine rings is 1. The third-order valence-electron chi connectivity index (χ3n) is 3.65. The van der Waals surface area contributed by atoms with Gasteiger partial charge in [-0.1, -0.05) is 18.2 Å². The van der Waals surface area contributed by atoms with E-state index in [0.29, 0.717) is 0 Å². The average Bonchev–Trinajstić information content (AvgIpc) is 2.29. The van der Waals surface area contributed by atoms with Crippen molar-refractivity contribution in [3.8, 4) is 0 Å². The van der Waals surface area contributed by atoms with E-state index < -0.39 is 0 Å². The van der Waals surface area contributed by atoms with Gasteiger partial charge in [-0.05, 0) is 58.4 Å². The van der Waals surface area contributed by atoms with Crippen LogP contribution >= 0.6 is 11.9 Å². The van der Waals surface area contributed by atoms with Gasteiger partial charge in [0.05, 0.1) is 0 Å². The quantitative estimate of drug-likeness (QED) is 0.427. The monoisotopic (exact) mass is 311 g/mol. The van der Waals surface area contributed by atoms with Crippen LogP contribution in [0.4, 0.5) is 0 Å². The van der Waals surface area contributed by atoms with Gasteiger partial charge in [-0.3, -0.25) is 4.79 Å². The van der Waals surface area contributed by atoms with E-state index in [9.17, 15) is 4.79 Å². The number of carbonyl (C=O) groups excluding carboxylic acids is 1. The highest BCUT2D eigenvalue weighted by Crippen LogP contribution is 2.45. The second-order valence-corrected chi connectivity index (χ2v) is 8.14. The highest BCUT2D eigenvalue weighted by Gasteiger charge is 2.47. The molecule has 1 rings (SSSR count). The zero-order chi connectivity index (χ0) is 16.3. The molecule has 0 aromatic heterocycles. The van der Waals surface area contributed by atoms with Crippen molar-refractivity contribution in [3.63, 3.8) is 0 Å². The summed E-state index contributed by atoms with van der Waals surface area (Å²) in [5.74, 6) is -0.183. The fourth-order valence-electron chi connectivity index (χ4n) is 3.14. The highest BCUT2D eigenvalue weighted by atomic mass is 32.2. The predicted octanol–water partition coefficient (Wildman–Crippen LogP) is 4.70. The minimum absolute atomic E-state index is 0.00386. The number of esters is 1. The summed E-state index contributed by atoms with van der Waals surface area (Å²) in [5.41, 5.74) is -0.0604. The van der Waals surface area contributed by atoms with Crippen molar-refractivity contribution in [2.45, 2.75) is 78.5 Å². The molecule has 1 fully saturated rings. The Morgan fingerprint density at radius 2 is 1.71 bits per heavy atom. The first-order chi connectivity index (χ1) is 9.58. The van der Waals surface area contributed by atoms with E-state index in [1.807, 2.05) is 13.0 Å². The van der Waals surface area contributed by atoms with Crippen LogP contribution in [0, 0.1) is 0 Å². The Labute approximate surface area is 133 Å². The molecule has 0 aliphatic carbocycles. The Morgan fingerprint density at radius 3 is 2.14 bits per heavy atom. The summed E-state index contributed by atoms with van der Waals surface area (Å²) in [6.07, 6.45) is 7.96. The molecular weight excluding hydrogens is 282 g/mol. The molecule has 1 saturated heterocycles. The van der Waals surface area contributed by atoms with E-state index in [2.05, 4.69) is 51.1 Å². The number of nitrogens with zero attached hydrogens (tertiary/aromatic N) is 1. The molecule has 0 unspecified atom stereocenters. The maximum atomic E-state index is 11.3. The summed E-state index contributed by atoms with van der Waals surface area (Å²) in [6.45, 7) is 14.5. The first-order valence-corrected chi connectivity index (χ1v) is 8.31. The van der Waals surface area contributed by atoms with Gasteiger partial charge in [-0.15, -0.1) is 0 Å². The van der Waals surface area contributed by atoms with Gasteiger partial charge in [0.15, 0.2) is 0 Å².